The van der Waals surface area contributed by atoms with Crippen molar-refractivity contribution in [3.63, 3.8) is 0 Å². The maximum atomic E-state index is 12.3. The smallest absolute Gasteiger partial charge is 0.190 e. The Bertz CT molecular complexity index is 659. The van der Waals surface area contributed by atoms with Gasteiger partial charge in [-0.25, -0.2) is 9.97 Å². The van der Waals surface area contributed by atoms with Crippen molar-refractivity contribution in [2.24, 2.45) is 11.8 Å². The number of fused-ring (bicyclic) bond motifs is 2. The minimum atomic E-state index is -0.0760. The number of rotatable bonds is 1. The van der Waals surface area contributed by atoms with Crippen LogP contribution in [0, 0.1) is 11.8 Å². The van der Waals surface area contributed by atoms with Gasteiger partial charge in [0.2, 0.25) is 0 Å². The van der Waals surface area contributed by atoms with Crippen molar-refractivity contribution in [2.45, 2.75) is 13.8 Å². The Morgan fingerprint density at radius 3 is 2.44 bits per heavy atom. The molecule has 3 rings (SSSR count). The summed E-state index contributed by atoms with van der Waals surface area (Å²) in [6.45, 7) is 4.10. The predicted octanol–water partition coefficient (Wildman–Crippen LogP) is 3.11. The first-order chi connectivity index (χ1) is 8.66. The third-order valence-electron chi connectivity index (χ3n) is 3.31. The van der Waals surface area contributed by atoms with Gasteiger partial charge in [-0.15, -0.1) is 0 Å². The lowest BCUT2D eigenvalue weighted by molar-refractivity contribution is 0.0912. The minimum absolute atomic E-state index is 0.0760. The summed E-state index contributed by atoms with van der Waals surface area (Å²) in [5.74, 6) is 0.295. The molecule has 0 saturated carbocycles. The van der Waals surface area contributed by atoms with E-state index < -0.39 is 0 Å². The number of carbonyl (C=O) groups is 1. The molecule has 0 N–H and O–H groups in total. The van der Waals surface area contributed by atoms with Crippen molar-refractivity contribution < 1.29 is 4.79 Å². The van der Waals surface area contributed by atoms with Crippen LogP contribution in [0.1, 0.15) is 30.0 Å². The van der Waals surface area contributed by atoms with Gasteiger partial charge < -0.3 is 0 Å². The average Bonchev–Trinajstić information content (AvgIpc) is 2.37. The lowest BCUT2D eigenvalue weighted by Crippen LogP contribution is -2.23. The van der Waals surface area contributed by atoms with E-state index in [2.05, 4.69) is 9.97 Å². The number of benzene rings is 1. The van der Waals surface area contributed by atoms with Crippen LogP contribution in [0.2, 0.25) is 0 Å². The van der Waals surface area contributed by atoms with Crippen LogP contribution in [0.25, 0.3) is 17.1 Å². The summed E-state index contributed by atoms with van der Waals surface area (Å²) in [5, 5.41) is 0. The molecule has 0 amide bonds. The first kappa shape index (κ1) is 11.1. The van der Waals surface area contributed by atoms with Crippen molar-refractivity contribution >= 4 is 22.9 Å². The van der Waals surface area contributed by atoms with Gasteiger partial charge in [-0.2, -0.15) is 0 Å². The number of hydrogen-bond donors (Lipinski definition) is 0. The molecule has 0 radical (unpaired) electrons. The van der Waals surface area contributed by atoms with Crippen LogP contribution in [0.15, 0.2) is 30.3 Å². The SMILES string of the molecule is CC(C)C1C=Cc2nc3ccccc3nc2C1=O. The quantitative estimate of drug-likeness (QED) is 0.766. The molecule has 3 nitrogen and oxygen atoms in total. The van der Waals surface area contributed by atoms with E-state index in [1.165, 1.54) is 0 Å². The van der Waals surface area contributed by atoms with Crippen molar-refractivity contribution in [1.82, 2.24) is 9.97 Å². The highest BCUT2D eigenvalue weighted by molar-refractivity contribution is 6.03. The number of carbonyl (C=O) groups excluding carboxylic acids is 1. The van der Waals surface area contributed by atoms with Gasteiger partial charge in [0, 0.05) is 5.92 Å². The zero-order valence-corrected chi connectivity index (χ0v) is 10.4. The Hall–Kier alpha value is -2.03. The van der Waals surface area contributed by atoms with E-state index in [4.69, 9.17) is 0 Å². The Morgan fingerprint density at radius 1 is 1.11 bits per heavy atom. The van der Waals surface area contributed by atoms with Crippen molar-refractivity contribution in [2.75, 3.05) is 0 Å². The van der Waals surface area contributed by atoms with Gasteiger partial charge in [-0.1, -0.05) is 32.1 Å². The van der Waals surface area contributed by atoms with Gasteiger partial charge in [0.15, 0.2) is 5.78 Å². The maximum absolute atomic E-state index is 12.3. The summed E-state index contributed by atoms with van der Waals surface area (Å²) in [4.78, 5) is 21.3. The van der Waals surface area contributed by atoms with E-state index in [1.54, 1.807) is 0 Å². The highest BCUT2D eigenvalue weighted by Gasteiger charge is 2.28. The second kappa shape index (κ2) is 4.02. The molecule has 1 aromatic carbocycles. The van der Waals surface area contributed by atoms with Crippen LogP contribution >= 0.6 is 0 Å². The molecular formula is C15H14N2O. The molecule has 0 fully saturated rings. The molecule has 2 aromatic rings. The van der Waals surface area contributed by atoms with Gasteiger partial charge in [0.25, 0.3) is 0 Å². The molecular weight excluding hydrogens is 224 g/mol. The second-order valence-electron chi connectivity index (χ2n) is 4.94. The minimum Gasteiger partial charge on any atom is -0.292 e. The normalized spacial score (nSPS) is 18.4. The zero-order valence-electron chi connectivity index (χ0n) is 10.4. The van der Waals surface area contributed by atoms with E-state index in [-0.39, 0.29) is 17.6 Å². The van der Waals surface area contributed by atoms with E-state index in [9.17, 15) is 4.79 Å². The molecule has 1 aromatic heterocycles. The number of allylic oxidation sites excluding steroid dienone is 1. The number of para-hydroxylation sites is 2. The lowest BCUT2D eigenvalue weighted by Gasteiger charge is -2.20. The molecule has 0 aliphatic heterocycles. The van der Waals surface area contributed by atoms with E-state index in [1.807, 2.05) is 50.3 Å². The first-order valence-electron chi connectivity index (χ1n) is 6.16. The molecule has 18 heavy (non-hydrogen) atoms. The van der Waals surface area contributed by atoms with Gasteiger partial charge in [-0.3, -0.25) is 4.79 Å². The second-order valence-corrected chi connectivity index (χ2v) is 4.94. The van der Waals surface area contributed by atoms with E-state index >= 15 is 0 Å². The van der Waals surface area contributed by atoms with Gasteiger partial charge in [-0.05, 0) is 24.1 Å². The van der Waals surface area contributed by atoms with Crippen molar-refractivity contribution in [3.8, 4) is 0 Å². The van der Waals surface area contributed by atoms with Gasteiger partial charge in [0.05, 0.1) is 16.7 Å². The fourth-order valence-electron chi connectivity index (χ4n) is 2.28. The van der Waals surface area contributed by atoms with Crippen LogP contribution in [0.5, 0.6) is 0 Å². The maximum Gasteiger partial charge on any atom is 0.190 e. The topological polar surface area (TPSA) is 42.9 Å². The number of aromatic nitrogens is 2. The number of hydrogen-bond acceptors (Lipinski definition) is 3. The van der Waals surface area contributed by atoms with Crippen LogP contribution < -0.4 is 0 Å². The van der Waals surface area contributed by atoms with E-state index in [0.717, 1.165) is 11.0 Å². The van der Waals surface area contributed by atoms with Gasteiger partial charge in [0.1, 0.15) is 5.69 Å². The molecule has 3 heteroatoms. The highest BCUT2D eigenvalue weighted by atomic mass is 16.1. The largest absolute Gasteiger partial charge is 0.292 e. The molecule has 90 valence electrons. The number of nitrogens with zero attached hydrogens (tertiary/aromatic N) is 2. The van der Waals surface area contributed by atoms with Crippen molar-refractivity contribution in [3.05, 3.63) is 41.7 Å². The van der Waals surface area contributed by atoms with Crippen LogP contribution in [0.3, 0.4) is 0 Å². The summed E-state index contributed by atoms with van der Waals surface area (Å²) < 4.78 is 0. The molecule has 1 aliphatic carbocycles. The molecule has 1 atom stereocenters. The zero-order chi connectivity index (χ0) is 12.7. The monoisotopic (exact) mass is 238 g/mol. The summed E-state index contributed by atoms with van der Waals surface area (Å²) in [6, 6.07) is 7.63. The highest BCUT2D eigenvalue weighted by Crippen LogP contribution is 2.26. The Labute approximate surface area is 106 Å². The third-order valence-corrected chi connectivity index (χ3v) is 3.31. The number of ketones is 1. The summed E-state index contributed by atoms with van der Waals surface area (Å²) >= 11 is 0. The Balaban J connectivity index is 2.20. The molecule has 1 unspecified atom stereocenters. The lowest BCUT2D eigenvalue weighted by atomic mass is 9.85. The Morgan fingerprint density at radius 2 is 1.78 bits per heavy atom. The molecule has 0 bridgehead atoms. The molecule has 0 spiro atoms. The molecule has 1 aliphatic rings. The van der Waals surface area contributed by atoms with Crippen LogP contribution in [0.4, 0.5) is 0 Å². The summed E-state index contributed by atoms with van der Waals surface area (Å²) in [6.07, 6.45) is 3.86. The molecule has 1 heterocycles. The fourth-order valence-corrected chi connectivity index (χ4v) is 2.28. The van der Waals surface area contributed by atoms with Gasteiger partial charge >= 0.3 is 0 Å². The Kier molecular flexibility index (Phi) is 2.47. The average molecular weight is 238 g/mol. The predicted molar refractivity (Wildman–Crippen MR) is 71.2 cm³/mol. The first-order valence-corrected chi connectivity index (χ1v) is 6.16. The fraction of sp³-hybridized carbons (Fsp3) is 0.267. The van der Waals surface area contributed by atoms with Crippen LogP contribution in [-0.4, -0.2) is 15.8 Å². The summed E-state index contributed by atoms with van der Waals surface area (Å²) in [7, 11) is 0. The summed E-state index contributed by atoms with van der Waals surface area (Å²) in [5.41, 5.74) is 2.81. The van der Waals surface area contributed by atoms with E-state index in [0.29, 0.717) is 11.4 Å². The van der Waals surface area contributed by atoms with Crippen LogP contribution in [-0.2, 0) is 0 Å². The molecule has 0 saturated heterocycles. The van der Waals surface area contributed by atoms with Crippen molar-refractivity contribution in [1.29, 1.82) is 0 Å². The standard InChI is InChI=1S/C15H14N2O/c1-9(2)10-7-8-13-14(15(10)18)17-12-6-4-3-5-11(12)16-13/h3-10H,1-2H3. The third kappa shape index (κ3) is 1.63. The number of Topliss-reactive ketones (excluding diaryl/α,β-unsaturated/α-hetero) is 1.